The number of hydrogen-bond donors (Lipinski definition) is 1. The number of ketones is 1. The number of nitrogens with one attached hydrogen (secondary N) is 1. The van der Waals surface area contributed by atoms with E-state index in [4.69, 9.17) is 11.6 Å². The summed E-state index contributed by atoms with van der Waals surface area (Å²) in [6, 6.07) is 11.2. The molecular formula is C17H11ClFNO2S2. The summed E-state index contributed by atoms with van der Waals surface area (Å²) >= 11 is 8.55. The van der Waals surface area contributed by atoms with Gasteiger partial charge >= 0.3 is 0 Å². The summed E-state index contributed by atoms with van der Waals surface area (Å²) in [4.78, 5) is 26.4. The molecule has 0 spiro atoms. The van der Waals surface area contributed by atoms with Crippen molar-refractivity contribution in [3.63, 3.8) is 0 Å². The maximum Gasteiger partial charge on any atom is 0.256 e. The first kappa shape index (κ1) is 16.8. The molecule has 1 amide bonds. The van der Waals surface area contributed by atoms with Crippen LogP contribution >= 0.6 is 34.3 Å². The summed E-state index contributed by atoms with van der Waals surface area (Å²) < 4.78 is 13.7. The van der Waals surface area contributed by atoms with E-state index in [0.717, 1.165) is 4.88 Å². The standard InChI is InChI=1S/C17H11ClFNO2S2/c18-11-3-1-4-12(19)15(11)17(22)20-9-10-6-7-14(24-10)16(21)13-5-2-8-23-13/h1-8H,9H2,(H,20,22). The Bertz CT molecular complexity index is 870. The summed E-state index contributed by atoms with van der Waals surface area (Å²) in [7, 11) is 0. The third-order valence-corrected chi connectivity index (χ3v) is 5.51. The molecule has 1 aromatic carbocycles. The Hall–Kier alpha value is -2.02. The summed E-state index contributed by atoms with van der Waals surface area (Å²) in [5.74, 6) is -1.29. The van der Waals surface area contributed by atoms with E-state index in [0.29, 0.717) is 9.75 Å². The van der Waals surface area contributed by atoms with E-state index in [1.54, 1.807) is 18.2 Å². The van der Waals surface area contributed by atoms with Crippen molar-refractivity contribution in [3.8, 4) is 0 Å². The van der Waals surface area contributed by atoms with Gasteiger partial charge in [0.15, 0.2) is 0 Å². The lowest BCUT2D eigenvalue weighted by molar-refractivity contribution is 0.0947. The van der Waals surface area contributed by atoms with E-state index in [2.05, 4.69) is 5.32 Å². The Morgan fingerprint density at radius 1 is 1.08 bits per heavy atom. The highest BCUT2D eigenvalue weighted by Gasteiger charge is 2.16. The number of carbonyl (C=O) groups excluding carboxylic acids is 2. The predicted molar refractivity (Wildman–Crippen MR) is 94.7 cm³/mol. The molecule has 7 heteroatoms. The van der Waals surface area contributed by atoms with E-state index in [1.807, 2.05) is 11.4 Å². The SMILES string of the molecule is O=C(c1cccs1)c1ccc(CNC(=O)c2c(F)cccc2Cl)s1. The molecule has 2 aromatic heterocycles. The van der Waals surface area contributed by atoms with Crippen LogP contribution in [0, 0.1) is 5.82 Å². The fourth-order valence-corrected chi connectivity index (χ4v) is 3.99. The first-order chi connectivity index (χ1) is 11.6. The number of halogens is 2. The van der Waals surface area contributed by atoms with Gasteiger partial charge in [-0.25, -0.2) is 4.39 Å². The molecule has 0 bridgehead atoms. The second kappa shape index (κ2) is 7.25. The second-order valence-electron chi connectivity index (χ2n) is 4.85. The number of benzene rings is 1. The zero-order valence-corrected chi connectivity index (χ0v) is 14.6. The summed E-state index contributed by atoms with van der Waals surface area (Å²) in [6.07, 6.45) is 0. The average Bonchev–Trinajstić information content (AvgIpc) is 3.24. The molecule has 1 N–H and O–H groups in total. The lowest BCUT2D eigenvalue weighted by Gasteiger charge is -2.06. The molecule has 0 saturated carbocycles. The molecule has 0 saturated heterocycles. The first-order valence-electron chi connectivity index (χ1n) is 6.95. The Labute approximate surface area is 150 Å². The maximum atomic E-state index is 13.7. The second-order valence-corrected chi connectivity index (χ2v) is 7.37. The van der Waals surface area contributed by atoms with E-state index in [-0.39, 0.29) is 22.9 Å². The molecule has 3 aromatic rings. The molecule has 122 valence electrons. The topological polar surface area (TPSA) is 46.2 Å². The molecule has 0 unspecified atom stereocenters. The molecule has 0 atom stereocenters. The quantitative estimate of drug-likeness (QED) is 0.649. The van der Waals surface area contributed by atoms with Gasteiger partial charge in [0.1, 0.15) is 5.82 Å². The Balaban J connectivity index is 1.68. The Morgan fingerprint density at radius 2 is 1.92 bits per heavy atom. The molecule has 0 aliphatic rings. The van der Waals surface area contributed by atoms with Crippen LogP contribution in [-0.2, 0) is 6.54 Å². The Morgan fingerprint density at radius 3 is 2.62 bits per heavy atom. The third-order valence-electron chi connectivity index (χ3n) is 3.24. The number of amides is 1. The van der Waals surface area contributed by atoms with Crippen LogP contribution in [0.5, 0.6) is 0 Å². The van der Waals surface area contributed by atoms with Crippen molar-refractivity contribution in [2.75, 3.05) is 0 Å². The lowest BCUT2D eigenvalue weighted by Crippen LogP contribution is -2.23. The van der Waals surface area contributed by atoms with Crippen LogP contribution in [0.15, 0.2) is 47.8 Å². The average molecular weight is 380 g/mol. The number of rotatable bonds is 5. The highest BCUT2D eigenvalue weighted by Crippen LogP contribution is 2.23. The van der Waals surface area contributed by atoms with Crippen molar-refractivity contribution in [1.82, 2.24) is 5.32 Å². The third kappa shape index (κ3) is 3.56. The summed E-state index contributed by atoms with van der Waals surface area (Å²) in [5, 5.41) is 4.53. The Kier molecular flexibility index (Phi) is 5.08. The monoisotopic (exact) mass is 379 g/mol. The summed E-state index contributed by atoms with van der Waals surface area (Å²) in [5.41, 5.74) is -0.175. The van der Waals surface area contributed by atoms with E-state index in [9.17, 15) is 14.0 Å². The normalized spacial score (nSPS) is 10.6. The van der Waals surface area contributed by atoms with Gasteiger partial charge in [-0.3, -0.25) is 9.59 Å². The largest absolute Gasteiger partial charge is 0.347 e. The van der Waals surface area contributed by atoms with Crippen molar-refractivity contribution in [3.05, 3.63) is 78.9 Å². The van der Waals surface area contributed by atoms with Gasteiger partial charge in [-0.1, -0.05) is 23.7 Å². The number of carbonyl (C=O) groups is 2. The minimum absolute atomic E-state index is 0.0373. The zero-order valence-electron chi connectivity index (χ0n) is 12.2. The van der Waals surface area contributed by atoms with Gasteiger partial charge in [-0.2, -0.15) is 0 Å². The van der Waals surface area contributed by atoms with Crippen LogP contribution in [0.2, 0.25) is 5.02 Å². The lowest BCUT2D eigenvalue weighted by atomic mass is 10.2. The van der Waals surface area contributed by atoms with Crippen molar-refractivity contribution in [2.45, 2.75) is 6.54 Å². The van der Waals surface area contributed by atoms with Gasteiger partial charge < -0.3 is 5.32 Å². The molecule has 3 rings (SSSR count). The highest BCUT2D eigenvalue weighted by atomic mass is 35.5. The molecule has 2 heterocycles. The van der Waals surface area contributed by atoms with Crippen LogP contribution < -0.4 is 5.32 Å². The van der Waals surface area contributed by atoms with Crippen LogP contribution in [0.3, 0.4) is 0 Å². The molecular weight excluding hydrogens is 369 g/mol. The molecule has 0 aliphatic carbocycles. The molecule has 0 fully saturated rings. The van der Waals surface area contributed by atoms with Gasteiger partial charge in [-0.15, -0.1) is 22.7 Å². The predicted octanol–water partition coefficient (Wildman–Crippen LogP) is 4.76. The van der Waals surface area contributed by atoms with Crippen molar-refractivity contribution < 1.29 is 14.0 Å². The zero-order chi connectivity index (χ0) is 17.1. The van der Waals surface area contributed by atoms with Gasteiger partial charge in [0.05, 0.1) is 26.9 Å². The molecule has 0 aliphatic heterocycles. The number of hydrogen-bond acceptors (Lipinski definition) is 4. The van der Waals surface area contributed by atoms with Crippen molar-refractivity contribution in [1.29, 1.82) is 0 Å². The maximum absolute atomic E-state index is 13.7. The smallest absolute Gasteiger partial charge is 0.256 e. The van der Waals surface area contributed by atoms with Crippen molar-refractivity contribution >= 4 is 46.0 Å². The van der Waals surface area contributed by atoms with E-state index in [1.165, 1.54) is 40.9 Å². The minimum Gasteiger partial charge on any atom is -0.347 e. The van der Waals surface area contributed by atoms with E-state index >= 15 is 0 Å². The van der Waals surface area contributed by atoms with Gasteiger partial charge in [0.2, 0.25) is 5.78 Å². The molecule has 0 radical (unpaired) electrons. The van der Waals surface area contributed by atoms with E-state index < -0.39 is 11.7 Å². The fraction of sp³-hybridized carbons (Fsp3) is 0.0588. The first-order valence-corrected chi connectivity index (χ1v) is 9.03. The summed E-state index contributed by atoms with van der Waals surface area (Å²) in [6.45, 7) is 0.200. The van der Waals surface area contributed by atoms with Crippen LogP contribution in [0.4, 0.5) is 4.39 Å². The van der Waals surface area contributed by atoms with Gasteiger partial charge in [-0.05, 0) is 35.7 Å². The van der Waals surface area contributed by atoms with Crippen LogP contribution in [0.1, 0.15) is 29.8 Å². The van der Waals surface area contributed by atoms with Gasteiger partial charge in [0, 0.05) is 4.88 Å². The highest BCUT2D eigenvalue weighted by molar-refractivity contribution is 7.16. The number of thiophene rings is 2. The van der Waals surface area contributed by atoms with Crippen LogP contribution in [-0.4, -0.2) is 11.7 Å². The molecule has 3 nitrogen and oxygen atoms in total. The minimum atomic E-state index is -0.667. The van der Waals surface area contributed by atoms with Crippen LogP contribution in [0.25, 0.3) is 0 Å². The van der Waals surface area contributed by atoms with Crippen molar-refractivity contribution in [2.24, 2.45) is 0 Å². The fourth-order valence-electron chi connectivity index (χ4n) is 2.09. The van der Waals surface area contributed by atoms with Gasteiger partial charge in [0.25, 0.3) is 5.91 Å². The molecule has 24 heavy (non-hydrogen) atoms.